The van der Waals surface area contributed by atoms with Gasteiger partial charge < -0.3 is 15.4 Å². The highest BCUT2D eigenvalue weighted by Gasteiger charge is 2.60. The molecule has 1 amide bonds. The van der Waals surface area contributed by atoms with Gasteiger partial charge in [0, 0.05) is 17.2 Å². The largest absolute Gasteiger partial charge is 0.452 e. The van der Waals surface area contributed by atoms with Crippen molar-refractivity contribution in [2.45, 2.75) is 22.4 Å². The van der Waals surface area contributed by atoms with Crippen molar-refractivity contribution >= 4 is 40.5 Å². The van der Waals surface area contributed by atoms with Gasteiger partial charge in [-0.2, -0.15) is 0 Å². The monoisotopic (exact) mass is 504 g/mol. The fourth-order valence-corrected chi connectivity index (χ4v) is 6.80. The van der Waals surface area contributed by atoms with Gasteiger partial charge in [0.15, 0.2) is 11.5 Å². The zero-order chi connectivity index (χ0) is 24.4. The van der Waals surface area contributed by atoms with Crippen LogP contribution in [0.15, 0.2) is 95.9 Å². The van der Waals surface area contributed by atoms with Crippen LogP contribution in [0.3, 0.4) is 0 Å². The fourth-order valence-electron chi connectivity index (χ4n) is 4.30. The fraction of sp³-hybridized carbons (Fsp3) is 0.222. The van der Waals surface area contributed by atoms with Crippen LogP contribution in [0.4, 0.5) is 0 Å². The summed E-state index contributed by atoms with van der Waals surface area (Å²) >= 11 is 2.37. The van der Waals surface area contributed by atoms with Crippen molar-refractivity contribution in [3.63, 3.8) is 0 Å². The Labute approximate surface area is 212 Å². The van der Waals surface area contributed by atoms with Crippen LogP contribution >= 0.6 is 23.5 Å². The summed E-state index contributed by atoms with van der Waals surface area (Å²) in [5.74, 6) is -0.689. The molecule has 3 aromatic rings. The molecule has 2 heterocycles. The van der Waals surface area contributed by atoms with Crippen LogP contribution < -0.4 is 5.73 Å². The van der Waals surface area contributed by atoms with Crippen molar-refractivity contribution in [3.8, 4) is 0 Å². The molecule has 0 spiro atoms. The summed E-state index contributed by atoms with van der Waals surface area (Å²) in [6, 6.07) is 27.5. The van der Waals surface area contributed by atoms with E-state index in [2.05, 4.69) is 0 Å². The second-order valence-electron chi connectivity index (χ2n) is 8.58. The van der Waals surface area contributed by atoms with Gasteiger partial charge >= 0.3 is 5.97 Å². The molecule has 3 atom stereocenters. The SMILES string of the molecule is NC1C(=O)N2CC(C(=O)OC(c3ccccc3)c3ccccc3)(C(=O)Sc3ccccc3)CS[C@H]12. The number of benzene rings is 3. The van der Waals surface area contributed by atoms with Crippen molar-refractivity contribution in [1.29, 1.82) is 0 Å². The summed E-state index contributed by atoms with van der Waals surface area (Å²) < 4.78 is 6.14. The van der Waals surface area contributed by atoms with E-state index in [1.54, 1.807) is 0 Å². The number of hydrogen-bond donors (Lipinski definition) is 1. The number of nitrogens with zero attached hydrogens (tertiary/aromatic N) is 1. The third kappa shape index (κ3) is 4.49. The van der Waals surface area contributed by atoms with Gasteiger partial charge in [0.05, 0.1) is 0 Å². The van der Waals surface area contributed by atoms with Crippen LogP contribution in [0.5, 0.6) is 0 Å². The molecule has 0 aliphatic carbocycles. The number of carbonyl (C=O) groups excluding carboxylic acids is 3. The summed E-state index contributed by atoms with van der Waals surface area (Å²) in [5.41, 5.74) is 6.04. The van der Waals surface area contributed by atoms with Crippen LogP contribution in [0, 0.1) is 5.41 Å². The summed E-state index contributed by atoms with van der Waals surface area (Å²) in [6.07, 6.45) is -0.687. The molecule has 0 radical (unpaired) electrons. The Morgan fingerprint density at radius 3 is 2.06 bits per heavy atom. The van der Waals surface area contributed by atoms with Gasteiger partial charge in [-0.25, -0.2) is 0 Å². The molecule has 3 aromatic carbocycles. The molecule has 6 nitrogen and oxygen atoms in total. The second-order valence-corrected chi connectivity index (χ2v) is 10.7. The highest BCUT2D eigenvalue weighted by Crippen LogP contribution is 2.46. The first kappa shape index (κ1) is 23.7. The molecule has 5 rings (SSSR count). The Morgan fingerprint density at radius 2 is 1.49 bits per heavy atom. The van der Waals surface area contributed by atoms with E-state index in [-0.39, 0.29) is 28.7 Å². The van der Waals surface area contributed by atoms with Crippen LogP contribution in [0.25, 0.3) is 0 Å². The molecule has 2 aliphatic rings. The quantitative estimate of drug-likeness (QED) is 0.236. The molecule has 2 saturated heterocycles. The van der Waals surface area contributed by atoms with Gasteiger partial charge in [-0.15, -0.1) is 11.8 Å². The zero-order valence-electron chi connectivity index (χ0n) is 18.8. The number of esters is 1. The van der Waals surface area contributed by atoms with Crippen LogP contribution in [-0.2, 0) is 19.1 Å². The lowest BCUT2D eigenvalue weighted by molar-refractivity contribution is -0.165. The highest BCUT2D eigenvalue weighted by atomic mass is 32.2. The lowest BCUT2D eigenvalue weighted by Gasteiger charge is -2.52. The summed E-state index contributed by atoms with van der Waals surface area (Å²) in [4.78, 5) is 42.4. The first-order valence-corrected chi connectivity index (χ1v) is 13.1. The lowest BCUT2D eigenvalue weighted by atomic mass is 9.88. The highest BCUT2D eigenvalue weighted by molar-refractivity contribution is 8.14. The van der Waals surface area contributed by atoms with Crippen molar-refractivity contribution in [2.24, 2.45) is 11.1 Å². The van der Waals surface area contributed by atoms with Gasteiger partial charge in [-0.05, 0) is 23.3 Å². The molecule has 2 aliphatic heterocycles. The molecular formula is C27H24N2O4S2. The molecule has 178 valence electrons. The molecule has 2 unspecified atom stereocenters. The standard InChI is InChI=1S/C27H24N2O4S2/c28-21-23(30)29-16-27(17-34-24(21)29,26(32)35-20-14-8-3-9-15-20)25(31)33-22(18-10-4-1-5-11-18)19-12-6-2-7-13-19/h1-15,21-22,24H,16-17,28H2/t21?,24-,27?/m1/s1. The average Bonchev–Trinajstić information content (AvgIpc) is 2.92. The van der Waals surface area contributed by atoms with E-state index < -0.39 is 23.5 Å². The van der Waals surface area contributed by atoms with Crippen LogP contribution in [0.2, 0.25) is 0 Å². The number of fused-ring (bicyclic) bond motifs is 1. The normalized spacial score (nSPS) is 23.4. The topological polar surface area (TPSA) is 89.7 Å². The Hall–Kier alpha value is -3.07. The molecule has 35 heavy (non-hydrogen) atoms. The van der Waals surface area contributed by atoms with E-state index >= 15 is 0 Å². The smallest absolute Gasteiger partial charge is 0.324 e. The first-order chi connectivity index (χ1) is 17.0. The number of hydrogen-bond acceptors (Lipinski definition) is 7. The number of ether oxygens (including phenoxy) is 1. The van der Waals surface area contributed by atoms with Crippen LogP contribution in [-0.4, -0.2) is 45.6 Å². The van der Waals surface area contributed by atoms with E-state index in [9.17, 15) is 14.4 Å². The Bertz CT molecular complexity index is 1190. The maximum absolute atomic E-state index is 13.9. The molecule has 2 fully saturated rings. The second kappa shape index (κ2) is 9.89. The lowest BCUT2D eigenvalue weighted by Crippen LogP contribution is -2.73. The van der Waals surface area contributed by atoms with E-state index in [1.165, 1.54) is 16.7 Å². The predicted octanol–water partition coefficient (Wildman–Crippen LogP) is 3.87. The van der Waals surface area contributed by atoms with E-state index in [0.29, 0.717) is 0 Å². The van der Waals surface area contributed by atoms with Crippen molar-refractivity contribution in [2.75, 3.05) is 12.3 Å². The Kier molecular flexibility index (Phi) is 6.69. The number of amides is 1. The van der Waals surface area contributed by atoms with Gasteiger partial charge in [0.1, 0.15) is 11.4 Å². The summed E-state index contributed by atoms with van der Waals surface area (Å²) in [7, 11) is 0. The average molecular weight is 505 g/mol. The van der Waals surface area contributed by atoms with Gasteiger partial charge in [-0.1, -0.05) is 90.6 Å². The maximum Gasteiger partial charge on any atom is 0.324 e. The molecule has 2 N–H and O–H groups in total. The third-order valence-electron chi connectivity index (χ3n) is 6.29. The Balaban J connectivity index is 1.48. The molecule has 8 heteroatoms. The summed E-state index contributed by atoms with van der Waals surface area (Å²) in [5, 5.41) is -0.565. The number of rotatable bonds is 6. The molecule has 0 aromatic heterocycles. The summed E-state index contributed by atoms with van der Waals surface area (Å²) in [6.45, 7) is -0.0367. The van der Waals surface area contributed by atoms with Gasteiger partial charge in [0.2, 0.25) is 11.0 Å². The molecule has 0 bridgehead atoms. The van der Waals surface area contributed by atoms with Crippen molar-refractivity contribution in [1.82, 2.24) is 4.90 Å². The van der Waals surface area contributed by atoms with Gasteiger partial charge in [0.25, 0.3) is 0 Å². The first-order valence-electron chi connectivity index (χ1n) is 11.3. The number of carbonyl (C=O) groups is 3. The third-order valence-corrected chi connectivity index (χ3v) is 8.92. The minimum Gasteiger partial charge on any atom is -0.452 e. The number of nitrogens with two attached hydrogens (primary N) is 1. The molecular weight excluding hydrogens is 480 g/mol. The Morgan fingerprint density at radius 1 is 0.943 bits per heavy atom. The van der Waals surface area contributed by atoms with E-state index in [1.807, 2.05) is 91.0 Å². The van der Waals surface area contributed by atoms with Crippen molar-refractivity contribution in [3.05, 3.63) is 102 Å². The minimum atomic E-state index is -1.51. The van der Waals surface area contributed by atoms with Crippen molar-refractivity contribution < 1.29 is 19.1 Å². The zero-order valence-corrected chi connectivity index (χ0v) is 20.4. The van der Waals surface area contributed by atoms with E-state index in [4.69, 9.17) is 10.5 Å². The number of thioether (sulfide) groups is 2. The molecule has 0 saturated carbocycles. The minimum absolute atomic E-state index is 0.0367. The van der Waals surface area contributed by atoms with Crippen LogP contribution in [0.1, 0.15) is 17.2 Å². The van der Waals surface area contributed by atoms with E-state index in [0.717, 1.165) is 27.8 Å². The maximum atomic E-state index is 13.9. The van der Waals surface area contributed by atoms with Gasteiger partial charge in [-0.3, -0.25) is 14.4 Å². The predicted molar refractivity (Wildman–Crippen MR) is 136 cm³/mol. The number of β-lactam (4-membered cyclic amide) rings is 1.